The molecule has 3 rings (SSSR count). The fourth-order valence-corrected chi connectivity index (χ4v) is 2.38. The summed E-state index contributed by atoms with van der Waals surface area (Å²) in [6.45, 7) is 3.62. The van der Waals surface area contributed by atoms with E-state index in [1.807, 2.05) is 25.1 Å². The van der Waals surface area contributed by atoms with Gasteiger partial charge in [0.05, 0.1) is 12.5 Å². The molecule has 0 spiro atoms. The highest BCUT2D eigenvalue weighted by atomic mass is 16.5. The average molecular weight is 300 g/mol. The van der Waals surface area contributed by atoms with Crippen LogP contribution in [-0.4, -0.2) is 17.1 Å². The van der Waals surface area contributed by atoms with E-state index in [1.54, 1.807) is 13.0 Å². The molecule has 1 aliphatic rings. The number of anilines is 2. The van der Waals surface area contributed by atoms with E-state index in [-0.39, 0.29) is 18.0 Å². The minimum absolute atomic E-state index is 0.00749. The fourth-order valence-electron chi connectivity index (χ4n) is 2.38. The van der Waals surface area contributed by atoms with Gasteiger partial charge in [0.15, 0.2) is 5.82 Å². The van der Waals surface area contributed by atoms with Crippen LogP contribution < -0.4 is 16.0 Å². The summed E-state index contributed by atoms with van der Waals surface area (Å²) in [4.78, 5) is 23.3. The summed E-state index contributed by atoms with van der Waals surface area (Å²) in [7, 11) is 0. The third-order valence-electron chi connectivity index (χ3n) is 3.47. The lowest BCUT2D eigenvalue weighted by Gasteiger charge is -2.15. The van der Waals surface area contributed by atoms with Crippen LogP contribution in [0, 0.1) is 6.92 Å². The Hall–Kier alpha value is -2.83. The average Bonchev–Trinajstić information content (AvgIpc) is 3.02. The van der Waals surface area contributed by atoms with Crippen LogP contribution in [0.1, 0.15) is 29.9 Å². The molecular weight excluding hydrogens is 284 g/mol. The van der Waals surface area contributed by atoms with Gasteiger partial charge in [-0.1, -0.05) is 17.3 Å². The number of fused-ring (bicyclic) bond motifs is 1. The number of urea groups is 1. The maximum Gasteiger partial charge on any atom is 0.320 e. The summed E-state index contributed by atoms with van der Waals surface area (Å²) in [5.74, 6) is 0.983. The van der Waals surface area contributed by atoms with Gasteiger partial charge in [0.2, 0.25) is 5.91 Å². The Kier molecular flexibility index (Phi) is 3.54. The predicted octanol–water partition coefficient (Wildman–Crippen LogP) is 2.36. The minimum Gasteiger partial charge on any atom is -0.360 e. The number of nitrogens with one attached hydrogen (secondary N) is 3. The first kappa shape index (κ1) is 14.1. The van der Waals surface area contributed by atoms with Crippen LogP contribution >= 0.6 is 0 Å². The molecule has 7 heteroatoms. The highest BCUT2D eigenvalue weighted by Crippen LogP contribution is 2.26. The molecule has 22 heavy (non-hydrogen) atoms. The highest BCUT2D eigenvalue weighted by Gasteiger charge is 2.19. The molecule has 0 saturated carbocycles. The van der Waals surface area contributed by atoms with Crippen molar-refractivity contribution in [2.75, 3.05) is 10.6 Å². The SMILES string of the molecule is Cc1cc(NC(=O)NC(C)c2ccc3c(c2)CC(=O)N3)no1. The van der Waals surface area contributed by atoms with E-state index < -0.39 is 0 Å². The van der Waals surface area contributed by atoms with Crippen molar-refractivity contribution in [1.29, 1.82) is 0 Å². The number of aryl methyl sites for hydroxylation is 1. The number of amides is 3. The zero-order valence-electron chi connectivity index (χ0n) is 12.3. The van der Waals surface area contributed by atoms with Crippen molar-refractivity contribution in [3.05, 3.63) is 41.2 Å². The van der Waals surface area contributed by atoms with Gasteiger partial charge in [0.1, 0.15) is 5.76 Å². The van der Waals surface area contributed by atoms with Gasteiger partial charge in [-0.15, -0.1) is 0 Å². The van der Waals surface area contributed by atoms with Crippen LogP contribution in [0.2, 0.25) is 0 Å². The molecule has 3 amide bonds. The molecule has 0 radical (unpaired) electrons. The number of carbonyl (C=O) groups is 2. The molecule has 0 fully saturated rings. The molecule has 1 atom stereocenters. The summed E-state index contributed by atoms with van der Waals surface area (Å²) >= 11 is 0. The summed E-state index contributed by atoms with van der Waals surface area (Å²) in [6, 6.07) is 6.74. The van der Waals surface area contributed by atoms with E-state index in [1.165, 1.54) is 0 Å². The zero-order valence-corrected chi connectivity index (χ0v) is 12.3. The topological polar surface area (TPSA) is 96.3 Å². The van der Waals surface area contributed by atoms with Gasteiger partial charge in [0, 0.05) is 11.8 Å². The molecule has 3 N–H and O–H groups in total. The van der Waals surface area contributed by atoms with E-state index in [0.29, 0.717) is 18.0 Å². The monoisotopic (exact) mass is 300 g/mol. The molecule has 1 aliphatic heterocycles. The Bertz CT molecular complexity index is 738. The molecule has 1 aromatic carbocycles. The summed E-state index contributed by atoms with van der Waals surface area (Å²) in [5, 5.41) is 11.9. The maximum absolute atomic E-state index is 11.9. The number of benzene rings is 1. The van der Waals surface area contributed by atoms with E-state index in [2.05, 4.69) is 21.1 Å². The molecule has 1 unspecified atom stereocenters. The van der Waals surface area contributed by atoms with Crippen LogP contribution in [0.3, 0.4) is 0 Å². The van der Waals surface area contributed by atoms with Gasteiger partial charge in [-0.05, 0) is 31.0 Å². The van der Waals surface area contributed by atoms with Crippen molar-refractivity contribution in [3.8, 4) is 0 Å². The Labute approximate surface area is 127 Å². The van der Waals surface area contributed by atoms with E-state index in [9.17, 15) is 9.59 Å². The summed E-state index contributed by atoms with van der Waals surface area (Å²) in [6.07, 6.45) is 0.375. The standard InChI is InChI=1S/C15H16N4O3/c1-8-5-13(19-22-8)18-15(21)16-9(2)10-3-4-12-11(6-10)7-14(20)17-12/h3-6,9H,7H2,1-2H3,(H,17,20)(H2,16,18,19,21). The van der Waals surface area contributed by atoms with Crippen molar-refractivity contribution in [3.63, 3.8) is 0 Å². The lowest BCUT2D eigenvalue weighted by Crippen LogP contribution is -2.31. The first-order chi connectivity index (χ1) is 10.5. The predicted molar refractivity (Wildman–Crippen MR) is 80.6 cm³/mol. The van der Waals surface area contributed by atoms with Gasteiger partial charge >= 0.3 is 6.03 Å². The highest BCUT2D eigenvalue weighted by molar-refractivity contribution is 5.99. The maximum atomic E-state index is 11.9. The number of rotatable bonds is 3. The Morgan fingerprint density at radius 2 is 2.23 bits per heavy atom. The number of nitrogens with zero attached hydrogens (tertiary/aromatic N) is 1. The lowest BCUT2D eigenvalue weighted by molar-refractivity contribution is -0.115. The summed E-state index contributed by atoms with van der Waals surface area (Å²) in [5.41, 5.74) is 2.72. The van der Waals surface area contributed by atoms with Crippen molar-refractivity contribution < 1.29 is 14.1 Å². The number of hydrogen-bond donors (Lipinski definition) is 3. The van der Waals surface area contributed by atoms with Gasteiger partial charge < -0.3 is 15.2 Å². The van der Waals surface area contributed by atoms with Crippen molar-refractivity contribution in [2.24, 2.45) is 0 Å². The minimum atomic E-state index is -0.365. The first-order valence-electron chi connectivity index (χ1n) is 6.95. The summed E-state index contributed by atoms with van der Waals surface area (Å²) < 4.78 is 4.88. The molecule has 2 heterocycles. The van der Waals surface area contributed by atoms with Gasteiger partial charge in [-0.3, -0.25) is 10.1 Å². The molecule has 2 aromatic rings. The Morgan fingerprint density at radius 3 is 2.95 bits per heavy atom. The van der Waals surface area contributed by atoms with Crippen molar-refractivity contribution in [2.45, 2.75) is 26.3 Å². The molecule has 1 aromatic heterocycles. The smallest absolute Gasteiger partial charge is 0.320 e. The third-order valence-corrected chi connectivity index (χ3v) is 3.47. The Morgan fingerprint density at radius 1 is 1.41 bits per heavy atom. The normalized spacial score (nSPS) is 14.2. The molecule has 0 saturated heterocycles. The zero-order chi connectivity index (χ0) is 15.7. The quantitative estimate of drug-likeness (QED) is 0.810. The second-order valence-electron chi connectivity index (χ2n) is 5.28. The second kappa shape index (κ2) is 5.51. The van der Waals surface area contributed by atoms with Crippen LogP contribution in [0.25, 0.3) is 0 Å². The van der Waals surface area contributed by atoms with Crippen LogP contribution in [-0.2, 0) is 11.2 Å². The van der Waals surface area contributed by atoms with Gasteiger partial charge in [-0.25, -0.2) is 4.79 Å². The van der Waals surface area contributed by atoms with E-state index in [4.69, 9.17) is 4.52 Å². The molecule has 114 valence electrons. The first-order valence-corrected chi connectivity index (χ1v) is 6.95. The van der Waals surface area contributed by atoms with Crippen molar-refractivity contribution >= 4 is 23.4 Å². The van der Waals surface area contributed by atoms with E-state index in [0.717, 1.165) is 16.8 Å². The number of aromatic nitrogens is 1. The number of hydrogen-bond acceptors (Lipinski definition) is 4. The second-order valence-corrected chi connectivity index (χ2v) is 5.28. The van der Waals surface area contributed by atoms with E-state index >= 15 is 0 Å². The van der Waals surface area contributed by atoms with Gasteiger partial charge in [0.25, 0.3) is 0 Å². The van der Waals surface area contributed by atoms with Crippen LogP contribution in [0.5, 0.6) is 0 Å². The van der Waals surface area contributed by atoms with Crippen LogP contribution in [0.15, 0.2) is 28.8 Å². The molecular formula is C15H16N4O3. The third kappa shape index (κ3) is 2.93. The number of carbonyl (C=O) groups excluding carboxylic acids is 2. The fraction of sp³-hybridized carbons (Fsp3) is 0.267. The van der Waals surface area contributed by atoms with Crippen LogP contribution in [0.4, 0.5) is 16.3 Å². The van der Waals surface area contributed by atoms with Gasteiger partial charge in [-0.2, -0.15) is 0 Å². The molecule has 7 nitrogen and oxygen atoms in total. The van der Waals surface area contributed by atoms with Crippen molar-refractivity contribution in [1.82, 2.24) is 10.5 Å². The largest absolute Gasteiger partial charge is 0.360 e. The molecule has 0 bridgehead atoms. The molecule has 0 aliphatic carbocycles. The Balaban J connectivity index is 1.64. The lowest BCUT2D eigenvalue weighted by atomic mass is 10.0.